The molecule has 1 aliphatic rings. The van der Waals surface area contributed by atoms with Crippen LogP contribution in [0.15, 0.2) is 29.4 Å². The number of hydrogen-bond acceptors (Lipinski definition) is 5. The number of thioether (sulfide) groups is 1. The van der Waals surface area contributed by atoms with E-state index in [0.29, 0.717) is 30.0 Å². The summed E-state index contributed by atoms with van der Waals surface area (Å²) in [5, 5.41) is 12.1. The Kier molecular flexibility index (Phi) is 6.84. The number of rotatable bonds is 8. The minimum atomic E-state index is -0.291. The molecule has 27 heavy (non-hydrogen) atoms. The lowest BCUT2D eigenvalue weighted by Gasteiger charge is -2.15. The van der Waals surface area contributed by atoms with Crippen LogP contribution in [0.25, 0.3) is 11.4 Å². The molecule has 0 aliphatic carbocycles. The summed E-state index contributed by atoms with van der Waals surface area (Å²) in [5.74, 6) is 1.03. The maximum Gasteiger partial charge on any atom is 0.230 e. The topological polar surface area (TPSA) is 69.0 Å². The highest BCUT2D eigenvalue weighted by Crippen LogP contribution is 2.26. The minimum Gasteiger partial charge on any atom is -0.376 e. The zero-order valence-corrected chi connectivity index (χ0v) is 16.5. The Balaban J connectivity index is 1.76. The molecule has 1 fully saturated rings. The Morgan fingerprint density at radius 2 is 2.15 bits per heavy atom. The van der Waals surface area contributed by atoms with Crippen LogP contribution >= 0.6 is 11.8 Å². The molecule has 6 nitrogen and oxygen atoms in total. The molecule has 3 rings (SSSR count). The van der Waals surface area contributed by atoms with Gasteiger partial charge in [0.15, 0.2) is 11.0 Å². The van der Waals surface area contributed by atoms with Crippen LogP contribution in [0.1, 0.15) is 26.7 Å². The van der Waals surface area contributed by atoms with E-state index >= 15 is 0 Å². The lowest BCUT2D eigenvalue weighted by Crippen LogP contribution is -2.29. The van der Waals surface area contributed by atoms with Gasteiger partial charge in [-0.1, -0.05) is 25.6 Å². The van der Waals surface area contributed by atoms with Crippen molar-refractivity contribution in [2.45, 2.75) is 44.5 Å². The van der Waals surface area contributed by atoms with Gasteiger partial charge in [0.2, 0.25) is 5.91 Å². The Morgan fingerprint density at radius 3 is 2.81 bits per heavy atom. The zero-order valence-electron chi connectivity index (χ0n) is 15.7. The van der Waals surface area contributed by atoms with Crippen molar-refractivity contribution in [2.75, 3.05) is 18.9 Å². The molecule has 2 aromatic rings. The molecule has 1 aliphatic heterocycles. The smallest absolute Gasteiger partial charge is 0.230 e. The van der Waals surface area contributed by atoms with Gasteiger partial charge in [-0.05, 0) is 43.0 Å². The Morgan fingerprint density at radius 1 is 1.37 bits per heavy atom. The lowest BCUT2D eigenvalue weighted by atomic mass is 10.2. The fourth-order valence-corrected chi connectivity index (χ4v) is 3.64. The quantitative estimate of drug-likeness (QED) is 0.699. The molecule has 2 heterocycles. The largest absolute Gasteiger partial charge is 0.376 e. The van der Waals surface area contributed by atoms with Crippen molar-refractivity contribution < 1.29 is 13.9 Å². The zero-order chi connectivity index (χ0) is 19.2. The average molecular weight is 393 g/mol. The predicted octanol–water partition coefficient (Wildman–Crippen LogP) is 3.13. The highest BCUT2D eigenvalue weighted by atomic mass is 32.2. The third kappa shape index (κ3) is 5.52. The van der Waals surface area contributed by atoms with E-state index in [4.69, 9.17) is 4.74 Å². The number of ether oxygens (including phenoxy) is 1. The summed E-state index contributed by atoms with van der Waals surface area (Å²) in [6.07, 6.45) is 2.13. The minimum absolute atomic E-state index is 0.0244. The summed E-state index contributed by atoms with van der Waals surface area (Å²) in [5.41, 5.74) is 0.790. The van der Waals surface area contributed by atoms with Gasteiger partial charge in [0, 0.05) is 18.7 Å². The van der Waals surface area contributed by atoms with E-state index in [9.17, 15) is 9.18 Å². The molecule has 1 aromatic heterocycles. The molecule has 1 aromatic carbocycles. The number of carbonyl (C=O) groups excluding carboxylic acids is 1. The number of benzene rings is 1. The lowest BCUT2D eigenvalue weighted by molar-refractivity contribution is -0.118. The van der Waals surface area contributed by atoms with Crippen molar-refractivity contribution in [3.63, 3.8) is 0 Å². The highest BCUT2D eigenvalue weighted by molar-refractivity contribution is 7.99. The van der Waals surface area contributed by atoms with Crippen molar-refractivity contribution in [2.24, 2.45) is 5.92 Å². The molecular weight excluding hydrogens is 367 g/mol. The predicted molar refractivity (Wildman–Crippen MR) is 103 cm³/mol. The Hall–Kier alpha value is -1.93. The van der Waals surface area contributed by atoms with Crippen LogP contribution in [0.4, 0.5) is 4.39 Å². The van der Waals surface area contributed by atoms with Crippen LogP contribution in [0.2, 0.25) is 0 Å². The first-order valence-electron chi connectivity index (χ1n) is 9.23. The van der Waals surface area contributed by atoms with Gasteiger partial charge in [-0.15, -0.1) is 10.2 Å². The van der Waals surface area contributed by atoms with E-state index in [0.717, 1.165) is 25.0 Å². The molecule has 8 heteroatoms. The molecule has 0 bridgehead atoms. The van der Waals surface area contributed by atoms with Gasteiger partial charge in [-0.3, -0.25) is 9.36 Å². The van der Waals surface area contributed by atoms with E-state index in [1.165, 1.54) is 23.9 Å². The second-order valence-corrected chi connectivity index (χ2v) is 7.99. The maximum atomic E-state index is 13.3. The normalized spacial score (nSPS) is 16.8. The number of halogens is 1. The number of nitrogens with zero attached hydrogens (tertiary/aromatic N) is 3. The summed E-state index contributed by atoms with van der Waals surface area (Å²) >= 11 is 1.36. The van der Waals surface area contributed by atoms with Crippen LogP contribution in [0.5, 0.6) is 0 Å². The summed E-state index contributed by atoms with van der Waals surface area (Å²) in [7, 11) is 0. The number of aromatic nitrogens is 3. The molecule has 1 amide bonds. The monoisotopic (exact) mass is 392 g/mol. The van der Waals surface area contributed by atoms with Crippen LogP contribution < -0.4 is 5.32 Å². The fourth-order valence-electron chi connectivity index (χ4n) is 2.86. The number of nitrogens with one attached hydrogen (secondary N) is 1. The summed E-state index contributed by atoms with van der Waals surface area (Å²) in [6, 6.07) is 6.20. The standard InChI is InChI=1S/C19H25FN4O2S/c1-13(2)10-21-17(25)12-27-19-23-22-18(14-5-7-15(20)8-6-14)24(19)11-16-4-3-9-26-16/h5-8,13,16H,3-4,9-12H2,1-2H3,(H,21,25). The second kappa shape index (κ2) is 9.32. The van der Waals surface area contributed by atoms with Crippen molar-refractivity contribution in [3.8, 4) is 11.4 Å². The first-order valence-corrected chi connectivity index (χ1v) is 10.2. The molecule has 146 valence electrons. The van der Waals surface area contributed by atoms with Gasteiger partial charge < -0.3 is 10.1 Å². The third-order valence-electron chi connectivity index (χ3n) is 4.27. The molecule has 1 saturated heterocycles. The Labute approximate surface area is 162 Å². The third-order valence-corrected chi connectivity index (χ3v) is 5.24. The molecule has 0 saturated carbocycles. The first-order chi connectivity index (χ1) is 13.0. The van der Waals surface area contributed by atoms with E-state index in [1.807, 2.05) is 4.57 Å². The van der Waals surface area contributed by atoms with Crippen LogP contribution in [0, 0.1) is 11.7 Å². The maximum absolute atomic E-state index is 13.3. The molecule has 0 spiro atoms. The van der Waals surface area contributed by atoms with Gasteiger partial charge in [0.25, 0.3) is 0 Å². The van der Waals surface area contributed by atoms with Crippen molar-refractivity contribution >= 4 is 17.7 Å². The van der Waals surface area contributed by atoms with E-state index < -0.39 is 0 Å². The van der Waals surface area contributed by atoms with Gasteiger partial charge in [-0.2, -0.15) is 0 Å². The first kappa shape index (κ1) is 19.8. The molecule has 0 radical (unpaired) electrons. The average Bonchev–Trinajstić information content (AvgIpc) is 3.29. The van der Waals surface area contributed by atoms with E-state index in [1.54, 1.807) is 12.1 Å². The van der Waals surface area contributed by atoms with Crippen LogP contribution in [-0.2, 0) is 16.1 Å². The van der Waals surface area contributed by atoms with Gasteiger partial charge in [0.1, 0.15) is 5.82 Å². The SMILES string of the molecule is CC(C)CNC(=O)CSc1nnc(-c2ccc(F)cc2)n1CC1CCCO1. The van der Waals surface area contributed by atoms with Crippen molar-refractivity contribution in [1.82, 2.24) is 20.1 Å². The van der Waals surface area contributed by atoms with Gasteiger partial charge >= 0.3 is 0 Å². The number of carbonyl (C=O) groups is 1. The highest BCUT2D eigenvalue weighted by Gasteiger charge is 2.22. The van der Waals surface area contributed by atoms with E-state index in [2.05, 4.69) is 29.4 Å². The summed E-state index contributed by atoms with van der Waals surface area (Å²) in [4.78, 5) is 12.0. The molecule has 1 N–H and O–H groups in total. The van der Waals surface area contributed by atoms with Gasteiger partial charge in [0.05, 0.1) is 18.4 Å². The van der Waals surface area contributed by atoms with Crippen LogP contribution in [0.3, 0.4) is 0 Å². The van der Waals surface area contributed by atoms with E-state index in [-0.39, 0.29) is 23.6 Å². The Bertz CT molecular complexity index is 758. The number of hydrogen-bond donors (Lipinski definition) is 1. The van der Waals surface area contributed by atoms with Crippen LogP contribution in [-0.4, -0.2) is 45.7 Å². The molecule has 1 atom stereocenters. The van der Waals surface area contributed by atoms with Crippen molar-refractivity contribution in [3.05, 3.63) is 30.1 Å². The summed E-state index contributed by atoms with van der Waals surface area (Å²) < 4.78 is 21.0. The van der Waals surface area contributed by atoms with Crippen molar-refractivity contribution in [1.29, 1.82) is 0 Å². The molecular formula is C19H25FN4O2S. The fraction of sp³-hybridized carbons (Fsp3) is 0.526. The molecule has 1 unspecified atom stereocenters. The second-order valence-electron chi connectivity index (χ2n) is 7.05. The summed E-state index contributed by atoms with van der Waals surface area (Å²) in [6.45, 7) is 6.15. The van der Waals surface area contributed by atoms with Gasteiger partial charge in [-0.25, -0.2) is 4.39 Å². The number of amides is 1.